The van der Waals surface area contributed by atoms with Crippen LogP contribution in [-0.4, -0.2) is 0 Å². The highest BCUT2D eigenvalue weighted by Crippen LogP contribution is 2.16. The maximum Gasteiger partial charge on any atom is 0.200 e. The van der Waals surface area contributed by atoms with E-state index in [4.69, 9.17) is 0 Å². The van der Waals surface area contributed by atoms with Gasteiger partial charge in [0.2, 0.25) is 5.82 Å². The monoisotopic (exact) mass is 265 g/mol. The summed E-state index contributed by atoms with van der Waals surface area (Å²) in [6.07, 6.45) is 0. The average molecular weight is 266 g/mol. The van der Waals surface area contributed by atoms with E-state index >= 15 is 0 Å². The van der Waals surface area contributed by atoms with E-state index in [-0.39, 0.29) is 29.2 Å². The zero-order valence-corrected chi connectivity index (χ0v) is 7.80. The van der Waals surface area contributed by atoms with Gasteiger partial charge in [0.1, 0.15) is 0 Å². The zero-order valence-electron chi connectivity index (χ0n) is 6.08. The Bertz CT molecular complexity index is 277. The molecule has 0 radical (unpaired) electrons. The fourth-order valence-electron chi connectivity index (χ4n) is 0.544. The molecule has 0 spiro atoms. The van der Waals surface area contributed by atoms with Crippen molar-refractivity contribution in [3.8, 4) is 0 Å². The van der Waals surface area contributed by atoms with Gasteiger partial charge in [-0.15, -0.1) is 17.0 Å². The van der Waals surface area contributed by atoms with Crippen LogP contribution < -0.4 is 6.15 Å². The van der Waals surface area contributed by atoms with Gasteiger partial charge in [-0.1, -0.05) is 0 Å². The number of hydrogen-bond donors (Lipinski definition) is 1. The van der Waals surface area contributed by atoms with Crippen LogP contribution in [0, 0.1) is 29.1 Å². The van der Waals surface area contributed by atoms with Gasteiger partial charge in [0.15, 0.2) is 23.3 Å². The molecule has 0 unspecified atom stereocenters. The van der Waals surface area contributed by atoms with Crippen molar-refractivity contribution in [3.05, 3.63) is 35.2 Å². The van der Waals surface area contributed by atoms with Crippen LogP contribution in [0.5, 0.6) is 0 Å². The average Bonchev–Trinajstić information content (AvgIpc) is 1.97. The van der Waals surface area contributed by atoms with E-state index in [1.54, 1.807) is 0 Å². The number of benzene rings is 1. The van der Waals surface area contributed by atoms with Gasteiger partial charge in [-0.3, -0.25) is 0 Å². The van der Waals surface area contributed by atoms with Crippen molar-refractivity contribution >= 4 is 17.0 Å². The number of hydrogen-bond acceptors (Lipinski definition) is 1. The molecule has 0 atom stereocenters. The molecule has 76 valence electrons. The molecule has 0 aliphatic heterocycles. The molecule has 1 nitrogen and oxygen atoms in total. The summed E-state index contributed by atoms with van der Waals surface area (Å²) in [7, 11) is 0. The van der Waals surface area contributed by atoms with E-state index < -0.39 is 29.1 Å². The van der Waals surface area contributed by atoms with Crippen LogP contribution in [0.2, 0.25) is 0 Å². The van der Waals surface area contributed by atoms with Crippen molar-refractivity contribution in [2.75, 3.05) is 0 Å². The predicted molar refractivity (Wildman–Crippen MR) is 41.6 cm³/mol. The summed E-state index contributed by atoms with van der Waals surface area (Å²) in [5, 5.41) is 0. The second-order valence-corrected chi connectivity index (χ2v) is 1.78. The first-order valence-corrected chi connectivity index (χ1v) is 2.52. The highest BCUT2D eigenvalue weighted by atomic mass is 79.9. The van der Waals surface area contributed by atoms with E-state index in [1.165, 1.54) is 0 Å². The highest BCUT2D eigenvalue weighted by molar-refractivity contribution is 8.93. The van der Waals surface area contributed by atoms with E-state index in [2.05, 4.69) is 0 Å². The Balaban J connectivity index is 0. The normalized spacial score (nSPS) is 8.69. The predicted octanol–water partition coefficient (Wildman–Crippen LogP) is 3.12. The summed E-state index contributed by atoms with van der Waals surface area (Å²) in [4.78, 5) is 0. The molecule has 1 aromatic carbocycles. The molecule has 0 saturated heterocycles. The van der Waals surface area contributed by atoms with Crippen LogP contribution in [0.15, 0.2) is 6.07 Å². The van der Waals surface area contributed by atoms with Gasteiger partial charge in [0.25, 0.3) is 0 Å². The standard InChI is InChI=1S/C6HF5.BrH.H3N/c7-2-1-3(8)5(10)6(11)4(2)9;;/h1H;1H;1H3. The lowest BCUT2D eigenvalue weighted by atomic mass is 10.3. The molecule has 7 heteroatoms. The summed E-state index contributed by atoms with van der Waals surface area (Å²) in [5.74, 6) is -9.65. The van der Waals surface area contributed by atoms with Gasteiger partial charge in [-0.05, 0) is 0 Å². The summed E-state index contributed by atoms with van der Waals surface area (Å²) in [6.45, 7) is 0. The van der Waals surface area contributed by atoms with Gasteiger partial charge >= 0.3 is 0 Å². The van der Waals surface area contributed by atoms with Gasteiger partial charge in [-0.25, -0.2) is 22.0 Å². The third-order valence-corrected chi connectivity index (χ3v) is 1.06. The van der Waals surface area contributed by atoms with Crippen LogP contribution in [0.25, 0.3) is 0 Å². The summed E-state index contributed by atoms with van der Waals surface area (Å²) >= 11 is 0. The SMILES string of the molecule is Br.Fc1cc(F)c(F)c(F)c1F.N. The molecule has 0 fully saturated rings. The van der Waals surface area contributed by atoms with E-state index in [1.807, 2.05) is 0 Å². The fraction of sp³-hybridized carbons (Fsp3) is 0. The molecule has 1 aromatic rings. The van der Waals surface area contributed by atoms with Gasteiger partial charge in [-0.2, -0.15) is 0 Å². The molecule has 0 amide bonds. The Morgan fingerprint density at radius 2 is 1.00 bits per heavy atom. The Kier molecular flexibility index (Phi) is 5.84. The highest BCUT2D eigenvalue weighted by Gasteiger charge is 2.18. The van der Waals surface area contributed by atoms with Gasteiger partial charge < -0.3 is 6.15 Å². The molecular formula is C6H5BrF5N. The van der Waals surface area contributed by atoms with Crippen LogP contribution in [0.3, 0.4) is 0 Å². The lowest BCUT2D eigenvalue weighted by molar-refractivity contribution is 0.378. The van der Waals surface area contributed by atoms with E-state index in [0.717, 1.165) is 0 Å². The largest absolute Gasteiger partial charge is 0.344 e. The number of halogens is 6. The van der Waals surface area contributed by atoms with Crippen molar-refractivity contribution in [3.63, 3.8) is 0 Å². The fourth-order valence-corrected chi connectivity index (χ4v) is 0.544. The summed E-state index contributed by atoms with van der Waals surface area (Å²) in [5.41, 5.74) is 0. The van der Waals surface area contributed by atoms with Crippen LogP contribution in [-0.2, 0) is 0 Å². The maximum atomic E-state index is 12.0. The Morgan fingerprint density at radius 3 is 1.31 bits per heavy atom. The molecule has 0 saturated carbocycles. The molecule has 0 heterocycles. The van der Waals surface area contributed by atoms with E-state index in [9.17, 15) is 22.0 Å². The van der Waals surface area contributed by atoms with Crippen LogP contribution in [0.1, 0.15) is 0 Å². The summed E-state index contributed by atoms with van der Waals surface area (Å²) < 4.78 is 60.0. The number of rotatable bonds is 0. The third-order valence-electron chi connectivity index (χ3n) is 1.06. The molecule has 13 heavy (non-hydrogen) atoms. The van der Waals surface area contributed by atoms with Crippen LogP contribution in [0.4, 0.5) is 22.0 Å². The quantitative estimate of drug-likeness (QED) is 0.437. The minimum atomic E-state index is -2.14. The zero-order chi connectivity index (χ0) is 8.59. The van der Waals surface area contributed by atoms with Crippen molar-refractivity contribution in [1.82, 2.24) is 6.15 Å². The van der Waals surface area contributed by atoms with Crippen molar-refractivity contribution < 1.29 is 22.0 Å². The molecule has 3 N–H and O–H groups in total. The Labute approximate surface area is 80.9 Å². The molecular weight excluding hydrogens is 261 g/mol. The second-order valence-electron chi connectivity index (χ2n) is 1.78. The van der Waals surface area contributed by atoms with Crippen LogP contribution >= 0.6 is 17.0 Å². The Morgan fingerprint density at radius 1 is 0.692 bits per heavy atom. The van der Waals surface area contributed by atoms with E-state index in [0.29, 0.717) is 0 Å². The van der Waals surface area contributed by atoms with Crippen molar-refractivity contribution in [2.45, 2.75) is 0 Å². The Hall–Kier alpha value is -0.690. The van der Waals surface area contributed by atoms with Crippen molar-refractivity contribution in [2.24, 2.45) is 0 Å². The van der Waals surface area contributed by atoms with Gasteiger partial charge in [0.05, 0.1) is 0 Å². The molecule has 0 aromatic heterocycles. The molecule has 0 aliphatic rings. The summed E-state index contributed by atoms with van der Waals surface area (Å²) in [6, 6.07) is -0.0618. The third kappa shape index (κ3) is 2.63. The minimum absolute atomic E-state index is 0. The lowest BCUT2D eigenvalue weighted by Crippen LogP contribution is -1.98. The minimum Gasteiger partial charge on any atom is -0.344 e. The van der Waals surface area contributed by atoms with Gasteiger partial charge in [0, 0.05) is 6.07 Å². The second kappa shape index (κ2) is 5.13. The topological polar surface area (TPSA) is 35.0 Å². The first-order chi connectivity index (χ1) is 5.04. The molecule has 0 aliphatic carbocycles. The molecule has 1 rings (SSSR count). The smallest absolute Gasteiger partial charge is 0.200 e. The first kappa shape index (κ1) is 14.8. The maximum absolute atomic E-state index is 12.0. The molecule has 0 bridgehead atoms. The first-order valence-electron chi connectivity index (χ1n) is 2.52. The lowest BCUT2D eigenvalue weighted by Gasteiger charge is -1.96. The van der Waals surface area contributed by atoms with Crippen molar-refractivity contribution in [1.29, 1.82) is 0 Å².